The van der Waals surface area contributed by atoms with Crippen molar-refractivity contribution in [3.8, 4) is 0 Å². The first-order valence-electron chi connectivity index (χ1n) is 9.00. The second-order valence-corrected chi connectivity index (χ2v) is 7.05. The van der Waals surface area contributed by atoms with Gasteiger partial charge in [0.15, 0.2) is 0 Å². The Morgan fingerprint density at radius 2 is 1.92 bits per heavy atom. The molecule has 1 aromatic rings. The lowest BCUT2D eigenvalue weighted by Gasteiger charge is -2.28. The number of carbonyl (C=O) groups excluding carboxylic acids is 3. The van der Waals surface area contributed by atoms with Crippen molar-refractivity contribution in [2.24, 2.45) is 11.8 Å². The first-order chi connectivity index (χ1) is 12.4. The first-order valence-corrected chi connectivity index (χ1v) is 9.00. The van der Waals surface area contributed by atoms with Crippen molar-refractivity contribution in [3.63, 3.8) is 0 Å². The van der Waals surface area contributed by atoms with Crippen LogP contribution in [0, 0.1) is 11.8 Å². The molecule has 0 saturated carbocycles. The van der Waals surface area contributed by atoms with E-state index in [4.69, 9.17) is 5.21 Å². The molecule has 1 aromatic carbocycles. The third-order valence-corrected chi connectivity index (χ3v) is 4.58. The van der Waals surface area contributed by atoms with E-state index in [1.54, 1.807) is 5.48 Å². The Labute approximate surface area is 153 Å². The quantitative estimate of drug-likeness (QED) is 0.389. The summed E-state index contributed by atoms with van der Waals surface area (Å²) in [5, 5.41) is 11.8. The Morgan fingerprint density at radius 3 is 2.54 bits per heavy atom. The lowest BCUT2D eigenvalue weighted by molar-refractivity contribution is -0.149. The number of hydrogen-bond donors (Lipinski definition) is 3. The molecule has 3 amide bonds. The highest BCUT2D eigenvalue weighted by Gasteiger charge is 2.39. The number of hydroxylamine groups is 1. The summed E-state index contributed by atoms with van der Waals surface area (Å²) >= 11 is 0. The molecule has 2 rings (SSSR count). The fourth-order valence-electron chi connectivity index (χ4n) is 3.28. The molecule has 2 atom stereocenters. The van der Waals surface area contributed by atoms with Crippen molar-refractivity contribution < 1.29 is 19.6 Å². The van der Waals surface area contributed by atoms with Gasteiger partial charge in [0.25, 0.3) is 5.91 Å². The number of nitrogens with one attached hydrogen (secondary N) is 2. The van der Waals surface area contributed by atoms with Gasteiger partial charge in [-0.15, -0.1) is 0 Å². The fourth-order valence-corrected chi connectivity index (χ4v) is 3.28. The molecule has 1 aliphatic rings. The molecule has 1 saturated heterocycles. The molecule has 1 unspecified atom stereocenters. The van der Waals surface area contributed by atoms with Crippen LogP contribution in [0.2, 0.25) is 0 Å². The smallest absolute Gasteiger partial charge is 0.255 e. The molecule has 0 bridgehead atoms. The van der Waals surface area contributed by atoms with Crippen LogP contribution in [0.1, 0.15) is 38.7 Å². The summed E-state index contributed by atoms with van der Waals surface area (Å²) in [6.45, 7) is 4.64. The maximum absolute atomic E-state index is 12.8. The van der Waals surface area contributed by atoms with Gasteiger partial charge < -0.3 is 10.2 Å². The molecule has 1 fully saturated rings. The highest BCUT2D eigenvalue weighted by atomic mass is 16.5. The van der Waals surface area contributed by atoms with Crippen LogP contribution < -0.4 is 10.8 Å². The minimum Gasteiger partial charge on any atom is -0.350 e. The molecule has 26 heavy (non-hydrogen) atoms. The number of carbonyl (C=O) groups is 3. The van der Waals surface area contributed by atoms with Crippen LogP contribution in [0.15, 0.2) is 30.3 Å². The maximum atomic E-state index is 12.8. The minimum atomic E-state index is -0.984. The Hall–Kier alpha value is -2.41. The molecule has 142 valence electrons. The molecule has 0 radical (unpaired) electrons. The van der Waals surface area contributed by atoms with Gasteiger partial charge in [0.2, 0.25) is 11.8 Å². The Balaban J connectivity index is 2.03. The topological polar surface area (TPSA) is 98.7 Å². The average molecular weight is 361 g/mol. The summed E-state index contributed by atoms with van der Waals surface area (Å²) in [6, 6.07) is 8.97. The van der Waals surface area contributed by atoms with Crippen molar-refractivity contribution in [2.75, 3.05) is 6.54 Å². The average Bonchev–Trinajstić information content (AvgIpc) is 3.13. The van der Waals surface area contributed by atoms with Crippen LogP contribution >= 0.6 is 0 Å². The predicted octanol–water partition coefficient (Wildman–Crippen LogP) is 1.46. The van der Waals surface area contributed by atoms with E-state index in [1.807, 2.05) is 44.2 Å². The molecular formula is C19H27N3O4. The normalized spacial score (nSPS) is 17.8. The lowest BCUT2D eigenvalue weighted by atomic mass is 9.94. The Kier molecular flexibility index (Phi) is 7.15. The van der Waals surface area contributed by atoms with Gasteiger partial charge in [-0.2, -0.15) is 0 Å². The van der Waals surface area contributed by atoms with Crippen LogP contribution in [-0.4, -0.2) is 40.4 Å². The van der Waals surface area contributed by atoms with E-state index in [-0.39, 0.29) is 11.8 Å². The number of rotatable bonds is 7. The maximum Gasteiger partial charge on any atom is 0.255 e. The van der Waals surface area contributed by atoms with E-state index in [2.05, 4.69) is 5.32 Å². The number of benzene rings is 1. The van der Waals surface area contributed by atoms with Gasteiger partial charge in [-0.1, -0.05) is 44.2 Å². The zero-order chi connectivity index (χ0) is 19.1. The summed E-state index contributed by atoms with van der Waals surface area (Å²) in [4.78, 5) is 38.8. The molecule has 0 aromatic heterocycles. The standard InChI is InChI=1S/C19H27N3O4/c1-13(2)11-15(17(23)21-26)19(25)22-10-6-9-16(22)18(24)20-12-14-7-4-3-5-8-14/h3-5,7-8,13,15-16,26H,6,9-12H2,1-2H3,(H,20,24)(H,21,23)/t15?,16-/m0/s1. The number of amides is 3. The largest absolute Gasteiger partial charge is 0.350 e. The van der Waals surface area contributed by atoms with Gasteiger partial charge in [0, 0.05) is 13.1 Å². The van der Waals surface area contributed by atoms with Crippen molar-refractivity contribution in [2.45, 2.75) is 45.7 Å². The predicted molar refractivity (Wildman–Crippen MR) is 95.9 cm³/mol. The van der Waals surface area contributed by atoms with Crippen molar-refractivity contribution in [1.29, 1.82) is 0 Å². The zero-order valence-corrected chi connectivity index (χ0v) is 15.3. The number of nitrogens with zero attached hydrogens (tertiary/aromatic N) is 1. The summed E-state index contributed by atoms with van der Waals surface area (Å²) < 4.78 is 0. The first kappa shape index (κ1) is 19.9. The number of hydrogen-bond acceptors (Lipinski definition) is 4. The number of likely N-dealkylation sites (tertiary alicyclic amines) is 1. The van der Waals surface area contributed by atoms with E-state index in [0.29, 0.717) is 32.4 Å². The zero-order valence-electron chi connectivity index (χ0n) is 15.3. The van der Waals surface area contributed by atoms with Crippen LogP contribution in [0.3, 0.4) is 0 Å². The van der Waals surface area contributed by atoms with E-state index in [9.17, 15) is 14.4 Å². The Bertz CT molecular complexity index is 633. The molecule has 0 aliphatic carbocycles. The van der Waals surface area contributed by atoms with Crippen LogP contribution in [-0.2, 0) is 20.9 Å². The van der Waals surface area contributed by atoms with Gasteiger partial charge in [0.1, 0.15) is 12.0 Å². The van der Waals surface area contributed by atoms with Gasteiger partial charge in [0.05, 0.1) is 0 Å². The van der Waals surface area contributed by atoms with Gasteiger partial charge in [-0.3, -0.25) is 19.6 Å². The molecule has 7 heteroatoms. The molecule has 0 spiro atoms. The van der Waals surface area contributed by atoms with E-state index < -0.39 is 23.8 Å². The van der Waals surface area contributed by atoms with E-state index in [0.717, 1.165) is 5.56 Å². The van der Waals surface area contributed by atoms with Crippen LogP contribution in [0.5, 0.6) is 0 Å². The summed E-state index contributed by atoms with van der Waals surface area (Å²) in [5.74, 6) is -2.22. The molecule has 1 aliphatic heterocycles. The second kappa shape index (κ2) is 9.33. The van der Waals surface area contributed by atoms with Gasteiger partial charge >= 0.3 is 0 Å². The second-order valence-electron chi connectivity index (χ2n) is 7.05. The Morgan fingerprint density at radius 1 is 1.23 bits per heavy atom. The molecule has 3 N–H and O–H groups in total. The summed E-state index contributed by atoms with van der Waals surface area (Å²) in [5.41, 5.74) is 2.56. The molecule has 7 nitrogen and oxygen atoms in total. The highest BCUT2D eigenvalue weighted by molar-refractivity contribution is 6.01. The summed E-state index contributed by atoms with van der Waals surface area (Å²) in [7, 11) is 0. The van der Waals surface area contributed by atoms with Crippen LogP contribution in [0.25, 0.3) is 0 Å². The van der Waals surface area contributed by atoms with Crippen molar-refractivity contribution in [3.05, 3.63) is 35.9 Å². The van der Waals surface area contributed by atoms with Crippen molar-refractivity contribution >= 4 is 17.7 Å². The monoisotopic (exact) mass is 361 g/mol. The van der Waals surface area contributed by atoms with Gasteiger partial charge in [-0.25, -0.2) is 5.48 Å². The minimum absolute atomic E-state index is 0.106. The van der Waals surface area contributed by atoms with Crippen LogP contribution in [0.4, 0.5) is 0 Å². The lowest BCUT2D eigenvalue weighted by Crippen LogP contribution is -2.50. The third-order valence-electron chi connectivity index (χ3n) is 4.58. The van der Waals surface area contributed by atoms with Crippen molar-refractivity contribution in [1.82, 2.24) is 15.7 Å². The fraction of sp³-hybridized carbons (Fsp3) is 0.526. The SMILES string of the molecule is CC(C)CC(C(=O)NO)C(=O)N1CCC[C@H]1C(=O)NCc1ccccc1. The summed E-state index contributed by atoms with van der Waals surface area (Å²) in [6.07, 6.45) is 1.60. The van der Waals surface area contributed by atoms with E-state index >= 15 is 0 Å². The molecule has 1 heterocycles. The third kappa shape index (κ3) is 5.05. The van der Waals surface area contributed by atoms with Gasteiger partial charge in [-0.05, 0) is 30.7 Å². The van der Waals surface area contributed by atoms with E-state index in [1.165, 1.54) is 4.90 Å². The molecular weight excluding hydrogens is 334 g/mol. The highest BCUT2D eigenvalue weighted by Crippen LogP contribution is 2.23.